The Balaban J connectivity index is 1.91. The predicted molar refractivity (Wildman–Crippen MR) is 78.1 cm³/mol. The maximum Gasteiger partial charge on any atom is 0.317 e. The molecule has 2 rings (SSSR count). The van der Waals surface area contributed by atoms with Gasteiger partial charge in [0.2, 0.25) is 0 Å². The Bertz CT molecular complexity index is 384. The van der Waals surface area contributed by atoms with Crippen molar-refractivity contribution in [3.05, 3.63) is 0 Å². The number of hydrogen-bond acceptors (Lipinski definition) is 3. The fourth-order valence-corrected chi connectivity index (χ4v) is 3.26. The highest BCUT2D eigenvalue weighted by molar-refractivity contribution is 5.76. The number of nitrogens with zero attached hydrogens (tertiary/aromatic N) is 1. The van der Waals surface area contributed by atoms with Gasteiger partial charge in [0.25, 0.3) is 0 Å². The number of ether oxygens (including phenoxy) is 1. The molecule has 0 radical (unpaired) electrons. The summed E-state index contributed by atoms with van der Waals surface area (Å²) in [4.78, 5) is 25.4. The smallest absolute Gasteiger partial charge is 0.317 e. The number of morpholine rings is 1. The molecule has 6 nitrogen and oxygen atoms in total. The van der Waals surface area contributed by atoms with Crippen molar-refractivity contribution in [2.45, 2.75) is 51.7 Å². The van der Waals surface area contributed by atoms with Gasteiger partial charge in [-0.2, -0.15) is 0 Å². The van der Waals surface area contributed by atoms with Crippen LogP contribution in [-0.2, 0) is 9.53 Å². The fourth-order valence-electron chi connectivity index (χ4n) is 3.26. The number of amides is 2. The minimum absolute atomic E-state index is 0.00471. The van der Waals surface area contributed by atoms with Crippen LogP contribution in [0, 0.1) is 11.8 Å². The normalized spacial score (nSPS) is 27.1. The largest absolute Gasteiger partial charge is 0.481 e. The van der Waals surface area contributed by atoms with Crippen LogP contribution in [0.4, 0.5) is 4.79 Å². The summed E-state index contributed by atoms with van der Waals surface area (Å²) in [5.41, 5.74) is 0. The Morgan fingerprint density at radius 1 is 1.33 bits per heavy atom. The molecule has 3 atom stereocenters. The van der Waals surface area contributed by atoms with Crippen LogP contribution in [0.15, 0.2) is 0 Å². The molecule has 1 saturated heterocycles. The zero-order valence-corrected chi connectivity index (χ0v) is 12.9. The van der Waals surface area contributed by atoms with Gasteiger partial charge in [-0.05, 0) is 18.8 Å². The minimum atomic E-state index is -0.858. The summed E-state index contributed by atoms with van der Waals surface area (Å²) in [6.45, 7) is 5.06. The van der Waals surface area contributed by atoms with Gasteiger partial charge < -0.3 is 20.1 Å². The van der Waals surface area contributed by atoms with E-state index in [1.54, 1.807) is 0 Å². The lowest BCUT2D eigenvalue weighted by Gasteiger charge is -2.43. The van der Waals surface area contributed by atoms with E-state index in [9.17, 15) is 9.59 Å². The van der Waals surface area contributed by atoms with E-state index in [-0.39, 0.29) is 30.6 Å². The quantitative estimate of drug-likeness (QED) is 0.828. The summed E-state index contributed by atoms with van der Waals surface area (Å²) in [5, 5.41) is 12.0. The number of carbonyl (C=O) groups is 2. The highest BCUT2D eigenvalue weighted by atomic mass is 16.5. The molecule has 2 amide bonds. The Hall–Kier alpha value is -1.30. The molecule has 0 bridgehead atoms. The summed E-state index contributed by atoms with van der Waals surface area (Å²) in [5.74, 6) is -1.41. The third-order valence-electron chi connectivity index (χ3n) is 4.59. The average Bonchev–Trinajstić information content (AvgIpc) is 2.46. The number of rotatable bonds is 4. The highest BCUT2D eigenvalue weighted by Gasteiger charge is 2.37. The topological polar surface area (TPSA) is 78.9 Å². The molecule has 0 aromatic heterocycles. The number of urea groups is 1. The summed E-state index contributed by atoms with van der Waals surface area (Å²) in [7, 11) is 0. The van der Waals surface area contributed by atoms with Crippen LogP contribution >= 0.6 is 0 Å². The number of hydrogen-bond donors (Lipinski definition) is 2. The molecule has 1 aliphatic carbocycles. The van der Waals surface area contributed by atoms with E-state index in [2.05, 4.69) is 5.32 Å². The molecule has 1 heterocycles. The molecular formula is C15H26N2O4. The predicted octanol–water partition coefficient (Wildman–Crippen LogP) is 1.70. The summed E-state index contributed by atoms with van der Waals surface area (Å²) >= 11 is 0. The SMILES string of the molecule is CC(C)C(CNC(=O)N1CCOC2CCCCC21)C(=O)O. The van der Waals surface area contributed by atoms with E-state index in [4.69, 9.17) is 9.84 Å². The van der Waals surface area contributed by atoms with E-state index in [0.717, 1.165) is 25.7 Å². The molecule has 21 heavy (non-hydrogen) atoms. The fraction of sp³-hybridized carbons (Fsp3) is 0.867. The number of carboxylic acid groups (broad SMARTS) is 1. The number of carboxylic acids is 1. The van der Waals surface area contributed by atoms with E-state index in [1.165, 1.54) is 0 Å². The number of aliphatic carboxylic acids is 1. The Morgan fingerprint density at radius 2 is 2.05 bits per heavy atom. The van der Waals surface area contributed by atoms with Crippen molar-refractivity contribution in [3.8, 4) is 0 Å². The van der Waals surface area contributed by atoms with Crippen molar-refractivity contribution in [2.75, 3.05) is 19.7 Å². The summed E-state index contributed by atoms with van der Waals surface area (Å²) < 4.78 is 5.75. The van der Waals surface area contributed by atoms with Gasteiger partial charge >= 0.3 is 12.0 Å². The van der Waals surface area contributed by atoms with Crippen LogP contribution in [0.3, 0.4) is 0 Å². The van der Waals surface area contributed by atoms with Crippen molar-refractivity contribution in [1.82, 2.24) is 10.2 Å². The van der Waals surface area contributed by atoms with Crippen LogP contribution in [-0.4, -0.2) is 53.8 Å². The maximum atomic E-state index is 12.4. The molecule has 2 fully saturated rings. The zero-order valence-electron chi connectivity index (χ0n) is 12.9. The minimum Gasteiger partial charge on any atom is -0.481 e. The lowest BCUT2D eigenvalue weighted by molar-refractivity contribution is -0.143. The lowest BCUT2D eigenvalue weighted by Crippen LogP contribution is -2.58. The first-order valence-electron chi connectivity index (χ1n) is 7.89. The number of carbonyl (C=O) groups excluding carboxylic acids is 1. The van der Waals surface area contributed by atoms with E-state index in [1.807, 2.05) is 18.7 Å². The molecule has 2 N–H and O–H groups in total. The van der Waals surface area contributed by atoms with Gasteiger partial charge in [-0.25, -0.2) is 4.79 Å². The second kappa shape index (κ2) is 7.11. The van der Waals surface area contributed by atoms with Crippen LogP contribution < -0.4 is 5.32 Å². The molecular weight excluding hydrogens is 272 g/mol. The molecule has 1 saturated carbocycles. The first kappa shape index (κ1) is 16.1. The van der Waals surface area contributed by atoms with Gasteiger partial charge in [-0.3, -0.25) is 4.79 Å². The maximum absolute atomic E-state index is 12.4. The van der Waals surface area contributed by atoms with Gasteiger partial charge in [0.15, 0.2) is 0 Å². The average molecular weight is 298 g/mol. The van der Waals surface area contributed by atoms with Gasteiger partial charge in [0, 0.05) is 13.1 Å². The zero-order chi connectivity index (χ0) is 15.4. The molecule has 0 aromatic rings. The molecule has 3 unspecified atom stereocenters. The van der Waals surface area contributed by atoms with Crippen molar-refractivity contribution in [2.24, 2.45) is 11.8 Å². The number of nitrogens with one attached hydrogen (secondary N) is 1. The van der Waals surface area contributed by atoms with Gasteiger partial charge in [0.05, 0.1) is 24.7 Å². The third kappa shape index (κ3) is 3.87. The number of fused-ring (bicyclic) bond motifs is 1. The molecule has 6 heteroatoms. The third-order valence-corrected chi connectivity index (χ3v) is 4.59. The Kier molecular flexibility index (Phi) is 5.45. The van der Waals surface area contributed by atoms with Crippen LogP contribution in [0.2, 0.25) is 0 Å². The highest BCUT2D eigenvalue weighted by Crippen LogP contribution is 2.28. The second-order valence-corrected chi connectivity index (χ2v) is 6.33. The first-order valence-corrected chi connectivity index (χ1v) is 7.89. The first-order chi connectivity index (χ1) is 10.0. The summed E-state index contributed by atoms with van der Waals surface area (Å²) in [6.07, 6.45) is 4.42. The van der Waals surface area contributed by atoms with Gasteiger partial charge in [0.1, 0.15) is 0 Å². The Morgan fingerprint density at radius 3 is 2.71 bits per heavy atom. The molecule has 0 aromatic carbocycles. The standard InChI is InChI=1S/C15H26N2O4/c1-10(2)11(14(18)19)9-16-15(20)17-7-8-21-13-6-4-3-5-12(13)17/h10-13H,3-9H2,1-2H3,(H,16,20)(H,18,19). The van der Waals surface area contributed by atoms with Crippen molar-refractivity contribution >= 4 is 12.0 Å². The van der Waals surface area contributed by atoms with Crippen molar-refractivity contribution in [3.63, 3.8) is 0 Å². The molecule has 2 aliphatic rings. The van der Waals surface area contributed by atoms with E-state index >= 15 is 0 Å². The molecule has 120 valence electrons. The van der Waals surface area contributed by atoms with E-state index in [0.29, 0.717) is 13.2 Å². The van der Waals surface area contributed by atoms with Crippen molar-refractivity contribution in [1.29, 1.82) is 0 Å². The van der Waals surface area contributed by atoms with Crippen molar-refractivity contribution < 1.29 is 19.4 Å². The van der Waals surface area contributed by atoms with Crippen LogP contribution in [0.1, 0.15) is 39.5 Å². The summed E-state index contributed by atoms with van der Waals surface area (Å²) in [6, 6.07) is -0.00284. The molecule has 1 aliphatic heterocycles. The monoisotopic (exact) mass is 298 g/mol. The van der Waals surface area contributed by atoms with Crippen LogP contribution in [0.25, 0.3) is 0 Å². The van der Waals surface area contributed by atoms with Gasteiger partial charge in [-0.15, -0.1) is 0 Å². The molecule has 0 spiro atoms. The lowest BCUT2D eigenvalue weighted by atomic mass is 9.90. The second-order valence-electron chi connectivity index (χ2n) is 6.33. The Labute approximate surface area is 125 Å². The van der Waals surface area contributed by atoms with Gasteiger partial charge in [-0.1, -0.05) is 26.7 Å². The van der Waals surface area contributed by atoms with E-state index < -0.39 is 11.9 Å². The van der Waals surface area contributed by atoms with Crippen LogP contribution in [0.5, 0.6) is 0 Å².